The van der Waals surface area contributed by atoms with Crippen molar-refractivity contribution in [2.45, 2.75) is 44.4 Å². The average molecular weight is 455 g/mol. The van der Waals surface area contributed by atoms with E-state index in [-0.39, 0.29) is 30.5 Å². The number of carbonyl (C=O) groups is 1. The van der Waals surface area contributed by atoms with Crippen LogP contribution in [-0.4, -0.2) is 34.9 Å². The molecule has 1 heterocycles. The first-order valence-electron chi connectivity index (χ1n) is 10.2. The molecular formula is C24H26N2O5S. The number of carboxylic acid groups (broad SMARTS) is 1. The lowest BCUT2D eigenvalue weighted by Crippen LogP contribution is -2.30. The minimum atomic E-state index is -3.84. The molecule has 0 atom stereocenters. The van der Waals surface area contributed by atoms with E-state index in [2.05, 4.69) is 4.98 Å². The number of ether oxygens (including phenoxy) is 1. The second-order valence-electron chi connectivity index (χ2n) is 7.66. The van der Waals surface area contributed by atoms with Gasteiger partial charge in [0.2, 0.25) is 10.0 Å². The number of hydrogen-bond acceptors (Lipinski definition) is 5. The van der Waals surface area contributed by atoms with E-state index in [9.17, 15) is 13.2 Å². The Balaban J connectivity index is 1.90. The Kier molecular flexibility index (Phi) is 7.61. The first-order valence-corrected chi connectivity index (χ1v) is 11.6. The molecule has 8 heteroatoms. The van der Waals surface area contributed by atoms with Crippen molar-refractivity contribution in [3.05, 3.63) is 89.7 Å². The van der Waals surface area contributed by atoms with Crippen LogP contribution in [0.25, 0.3) is 0 Å². The van der Waals surface area contributed by atoms with Crippen LogP contribution >= 0.6 is 0 Å². The summed E-state index contributed by atoms with van der Waals surface area (Å²) >= 11 is 0. The maximum atomic E-state index is 13.4. The minimum Gasteiger partial charge on any atom is -0.491 e. The monoisotopic (exact) mass is 454 g/mol. The maximum Gasteiger partial charge on any atom is 0.307 e. The van der Waals surface area contributed by atoms with Crippen molar-refractivity contribution in [3.63, 3.8) is 0 Å². The van der Waals surface area contributed by atoms with Gasteiger partial charge in [-0.2, -0.15) is 4.31 Å². The zero-order chi connectivity index (χ0) is 23.1. The molecule has 3 aromatic rings. The van der Waals surface area contributed by atoms with Crippen molar-refractivity contribution in [2.24, 2.45) is 0 Å². The second-order valence-corrected chi connectivity index (χ2v) is 9.60. The van der Waals surface area contributed by atoms with Crippen LogP contribution in [0.5, 0.6) is 5.75 Å². The highest BCUT2D eigenvalue weighted by Crippen LogP contribution is 2.22. The Morgan fingerprint density at radius 1 is 1.00 bits per heavy atom. The van der Waals surface area contributed by atoms with Crippen LogP contribution in [0, 0.1) is 0 Å². The van der Waals surface area contributed by atoms with Crippen LogP contribution < -0.4 is 4.74 Å². The van der Waals surface area contributed by atoms with Crippen molar-refractivity contribution in [3.8, 4) is 5.75 Å². The fourth-order valence-electron chi connectivity index (χ4n) is 3.24. The molecule has 1 aromatic heterocycles. The van der Waals surface area contributed by atoms with Crippen LogP contribution in [0.1, 0.15) is 30.5 Å². The van der Waals surface area contributed by atoms with Gasteiger partial charge < -0.3 is 9.84 Å². The SMILES string of the molecule is CC(C)Oc1ccc(CN(Cc2cccc(CC(=O)O)c2)S(=O)(=O)c2cccnc2)cc1. The lowest BCUT2D eigenvalue weighted by atomic mass is 10.1. The van der Waals surface area contributed by atoms with Crippen molar-refractivity contribution in [2.75, 3.05) is 0 Å². The van der Waals surface area contributed by atoms with E-state index in [0.717, 1.165) is 5.56 Å². The number of carboxylic acids is 1. The number of hydrogen-bond donors (Lipinski definition) is 1. The lowest BCUT2D eigenvalue weighted by Gasteiger charge is -2.23. The molecule has 0 aliphatic rings. The highest BCUT2D eigenvalue weighted by atomic mass is 32.2. The fourth-order valence-corrected chi connectivity index (χ4v) is 4.62. The van der Waals surface area contributed by atoms with E-state index in [1.807, 2.05) is 38.1 Å². The topological polar surface area (TPSA) is 96.8 Å². The highest BCUT2D eigenvalue weighted by Gasteiger charge is 2.25. The largest absolute Gasteiger partial charge is 0.491 e. The Morgan fingerprint density at radius 2 is 1.69 bits per heavy atom. The van der Waals surface area contributed by atoms with Crippen LogP contribution in [-0.2, 0) is 34.3 Å². The maximum absolute atomic E-state index is 13.4. The summed E-state index contributed by atoms with van der Waals surface area (Å²) < 4.78 is 33.8. The third kappa shape index (κ3) is 6.38. The van der Waals surface area contributed by atoms with E-state index in [1.165, 1.54) is 22.8 Å². The zero-order valence-electron chi connectivity index (χ0n) is 18.0. The number of nitrogens with zero attached hydrogens (tertiary/aromatic N) is 2. The zero-order valence-corrected chi connectivity index (χ0v) is 18.8. The predicted molar refractivity (Wildman–Crippen MR) is 121 cm³/mol. The van der Waals surface area contributed by atoms with Gasteiger partial charge >= 0.3 is 5.97 Å². The number of benzene rings is 2. The molecule has 0 spiro atoms. The van der Waals surface area contributed by atoms with Crippen LogP contribution in [0.2, 0.25) is 0 Å². The molecule has 32 heavy (non-hydrogen) atoms. The number of rotatable bonds is 10. The molecule has 0 saturated heterocycles. The first kappa shape index (κ1) is 23.4. The van der Waals surface area contributed by atoms with Gasteiger partial charge in [-0.15, -0.1) is 0 Å². The molecule has 0 saturated carbocycles. The van der Waals surface area contributed by atoms with E-state index in [4.69, 9.17) is 9.84 Å². The standard InChI is InChI=1S/C24H26N2O5S/c1-18(2)31-22-10-8-19(9-11-22)16-26(32(29,30)23-7-4-12-25-15-23)17-21-6-3-5-20(13-21)14-24(27)28/h3-13,15,18H,14,16-17H2,1-2H3,(H,27,28). The Bertz CT molecular complexity index is 1150. The molecular weight excluding hydrogens is 428 g/mol. The Hall–Kier alpha value is -3.23. The number of aromatic nitrogens is 1. The van der Waals surface area contributed by atoms with Gasteiger partial charge in [0.1, 0.15) is 10.6 Å². The Morgan fingerprint density at radius 3 is 2.31 bits per heavy atom. The summed E-state index contributed by atoms with van der Waals surface area (Å²) in [5.74, 6) is -0.225. The summed E-state index contributed by atoms with van der Waals surface area (Å²) in [5.41, 5.74) is 2.12. The smallest absolute Gasteiger partial charge is 0.307 e. The number of aliphatic carboxylic acids is 1. The molecule has 0 bridgehead atoms. The summed E-state index contributed by atoms with van der Waals surface area (Å²) in [5, 5.41) is 9.07. The molecule has 0 fully saturated rings. The van der Waals surface area contributed by atoms with Gasteiger partial charge in [-0.1, -0.05) is 36.4 Å². The number of sulfonamides is 1. The van der Waals surface area contributed by atoms with Gasteiger partial charge in [0.05, 0.1) is 12.5 Å². The van der Waals surface area contributed by atoms with Crippen molar-refractivity contribution in [1.82, 2.24) is 9.29 Å². The molecule has 0 aliphatic heterocycles. The lowest BCUT2D eigenvalue weighted by molar-refractivity contribution is -0.136. The van der Waals surface area contributed by atoms with Crippen molar-refractivity contribution >= 4 is 16.0 Å². The molecule has 0 unspecified atom stereocenters. The van der Waals surface area contributed by atoms with Gasteiger partial charge in [0.15, 0.2) is 0 Å². The first-order chi connectivity index (χ1) is 15.2. The fraction of sp³-hybridized carbons (Fsp3) is 0.250. The predicted octanol–water partition coefficient (Wildman–Crippen LogP) is 3.89. The average Bonchev–Trinajstić information content (AvgIpc) is 2.74. The molecule has 1 N–H and O–H groups in total. The summed E-state index contributed by atoms with van der Waals surface area (Å²) in [6.07, 6.45) is 2.76. The van der Waals surface area contributed by atoms with E-state index in [0.29, 0.717) is 16.9 Å². The van der Waals surface area contributed by atoms with Crippen molar-refractivity contribution in [1.29, 1.82) is 0 Å². The quantitative estimate of drug-likeness (QED) is 0.499. The van der Waals surface area contributed by atoms with Gasteiger partial charge in [-0.05, 0) is 54.8 Å². The third-order valence-corrected chi connectivity index (χ3v) is 6.41. The molecule has 0 amide bonds. The van der Waals surface area contributed by atoms with E-state index in [1.54, 1.807) is 30.3 Å². The van der Waals surface area contributed by atoms with Gasteiger partial charge in [-0.25, -0.2) is 8.42 Å². The van der Waals surface area contributed by atoms with Crippen LogP contribution in [0.3, 0.4) is 0 Å². The van der Waals surface area contributed by atoms with Crippen LogP contribution in [0.15, 0.2) is 78.0 Å². The van der Waals surface area contributed by atoms with E-state index >= 15 is 0 Å². The van der Waals surface area contributed by atoms with Crippen molar-refractivity contribution < 1.29 is 23.1 Å². The van der Waals surface area contributed by atoms with Gasteiger partial charge in [0, 0.05) is 25.5 Å². The molecule has 2 aromatic carbocycles. The van der Waals surface area contributed by atoms with Gasteiger partial charge in [0.25, 0.3) is 0 Å². The van der Waals surface area contributed by atoms with Crippen LogP contribution in [0.4, 0.5) is 0 Å². The molecule has 0 radical (unpaired) electrons. The normalized spacial score (nSPS) is 11.6. The highest BCUT2D eigenvalue weighted by molar-refractivity contribution is 7.89. The summed E-state index contributed by atoms with van der Waals surface area (Å²) in [6, 6.07) is 17.4. The number of pyridine rings is 1. The molecule has 0 aliphatic carbocycles. The summed E-state index contributed by atoms with van der Waals surface area (Å²) in [4.78, 5) is 15.1. The second kappa shape index (κ2) is 10.4. The molecule has 3 rings (SSSR count). The molecule has 168 valence electrons. The molecule has 7 nitrogen and oxygen atoms in total. The minimum absolute atomic E-state index is 0.0429. The van der Waals surface area contributed by atoms with Gasteiger partial charge in [-0.3, -0.25) is 9.78 Å². The summed E-state index contributed by atoms with van der Waals surface area (Å²) in [6.45, 7) is 4.11. The van der Waals surface area contributed by atoms with E-state index < -0.39 is 16.0 Å². The third-order valence-electron chi connectivity index (χ3n) is 4.63. The summed E-state index contributed by atoms with van der Waals surface area (Å²) in [7, 11) is -3.84. The Labute approximate surface area is 188 Å².